The smallest absolute Gasteiger partial charge is 0.307 e. The van der Waals surface area contributed by atoms with Crippen molar-refractivity contribution in [3.8, 4) is 10.6 Å². The van der Waals surface area contributed by atoms with Crippen LogP contribution in [0.15, 0.2) is 90.3 Å². The zero-order valence-electron chi connectivity index (χ0n) is 16.8. The van der Waals surface area contributed by atoms with Gasteiger partial charge in [-0.3, -0.25) is 4.79 Å². The standard InChI is InChI=1S/C26H23NO2S/c1-19-12-14-22(15-13-19)26-27-23(18-30-26)17-29-25(28)16-24(20-8-4-2-5-9-20)21-10-6-3-7-11-21/h2-15,18,24H,16-17H2,1H3. The van der Waals surface area contributed by atoms with E-state index >= 15 is 0 Å². The molecule has 0 atom stereocenters. The van der Waals surface area contributed by atoms with Crippen LogP contribution in [-0.2, 0) is 16.1 Å². The van der Waals surface area contributed by atoms with Crippen LogP contribution < -0.4 is 0 Å². The number of aromatic nitrogens is 1. The molecular weight excluding hydrogens is 390 g/mol. The van der Waals surface area contributed by atoms with E-state index in [1.54, 1.807) is 11.3 Å². The molecule has 150 valence electrons. The van der Waals surface area contributed by atoms with Crippen molar-refractivity contribution >= 4 is 17.3 Å². The van der Waals surface area contributed by atoms with Crippen LogP contribution in [-0.4, -0.2) is 11.0 Å². The number of thiazole rings is 1. The van der Waals surface area contributed by atoms with E-state index in [1.165, 1.54) is 5.56 Å². The number of hydrogen-bond donors (Lipinski definition) is 0. The van der Waals surface area contributed by atoms with E-state index in [0.29, 0.717) is 6.42 Å². The summed E-state index contributed by atoms with van der Waals surface area (Å²) < 4.78 is 5.58. The van der Waals surface area contributed by atoms with E-state index in [-0.39, 0.29) is 18.5 Å². The second-order valence-electron chi connectivity index (χ2n) is 7.25. The maximum atomic E-state index is 12.6. The predicted molar refractivity (Wildman–Crippen MR) is 121 cm³/mol. The summed E-state index contributed by atoms with van der Waals surface area (Å²) in [6, 6.07) is 28.5. The van der Waals surface area contributed by atoms with Gasteiger partial charge in [0.05, 0.1) is 12.1 Å². The molecule has 3 aromatic carbocycles. The van der Waals surface area contributed by atoms with Gasteiger partial charge in [-0.15, -0.1) is 11.3 Å². The number of hydrogen-bond acceptors (Lipinski definition) is 4. The Balaban J connectivity index is 1.41. The normalized spacial score (nSPS) is 10.9. The molecule has 0 amide bonds. The third-order valence-corrected chi connectivity index (χ3v) is 5.95. The van der Waals surface area contributed by atoms with Crippen LogP contribution in [0.3, 0.4) is 0 Å². The van der Waals surface area contributed by atoms with Crippen LogP contribution >= 0.6 is 11.3 Å². The minimum absolute atomic E-state index is 0.0292. The fraction of sp³-hybridized carbons (Fsp3) is 0.154. The summed E-state index contributed by atoms with van der Waals surface area (Å²) in [5.74, 6) is -0.254. The highest BCUT2D eigenvalue weighted by Gasteiger charge is 2.19. The Hall–Kier alpha value is -3.24. The molecule has 0 radical (unpaired) electrons. The van der Waals surface area contributed by atoms with Crippen molar-refractivity contribution < 1.29 is 9.53 Å². The van der Waals surface area contributed by atoms with Gasteiger partial charge < -0.3 is 4.74 Å². The topological polar surface area (TPSA) is 39.2 Å². The molecule has 4 rings (SSSR count). The summed E-state index contributed by atoms with van der Waals surface area (Å²) in [5.41, 5.74) is 5.29. The van der Waals surface area contributed by atoms with E-state index in [4.69, 9.17) is 4.74 Å². The molecule has 0 unspecified atom stereocenters. The number of carbonyl (C=O) groups excluding carboxylic acids is 1. The first-order chi connectivity index (χ1) is 14.7. The molecular formula is C26H23NO2S. The monoisotopic (exact) mass is 413 g/mol. The van der Waals surface area contributed by atoms with E-state index in [2.05, 4.69) is 60.4 Å². The lowest BCUT2D eigenvalue weighted by atomic mass is 9.89. The lowest BCUT2D eigenvalue weighted by Crippen LogP contribution is -2.12. The molecule has 0 spiro atoms. The van der Waals surface area contributed by atoms with Crippen LogP contribution in [0.5, 0.6) is 0 Å². The summed E-state index contributed by atoms with van der Waals surface area (Å²) in [6.07, 6.45) is 0.295. The lowest BCUT2D eigenvalue weighted by molar-refractivity contribution is -0.145. The average Bonchev–Trinajstić information content (AvgIpc) is 3.27. The Morgan fingerprint density at radius 3 is 2.10 bits per heavy atom. The number of ether oxygens (including phenoxy) is 1. The van der Waals surface area contributed by atoms with Gasteiger partial charge in [-0.1, -0.05) is 90.5 Å². The van der Waals surface area contributed by atoms with Gasteiger partial charge in [0.15, 0.2) is 0 Å². The van der Waals surface area contributed by atoms with Crippen molar-refractivity contribution in [3.05, 3.63) is 113 Å². The molecule has 1 heterocycles. The van der Waals surface area contributed by atoms with Crippen molar-refractivity contribution in [2.24, 2.45) is 0 Å². The summed E-state index contributed by atoms with van der Waals surface area (Å²) in [7, 11) is 0. The summed E-state index contributed by atoms with van der Waals surface area (Å²) >= 11 is 1.57. The van der Waals surface area contributed by atoms with Crippen molar-refractivity contribution in [1.29, 1.82) is 0 Å². The molecule has 0 saturated heterocycles. The summed E-state index contributed by atoms with van der Waals surface area (Å²) in [6.45, 7) is 2.26. The molecule has 4 aromatic rings. The summed E-state index contributed by atoms with van der Waals surface area (Å²) in [4.78, 5) is 17.3. The SMILES string of the molecule is Cc1ccc(-c2nc(COC(=O)CC(c3ccccc3)c3ccccc3)cs2)cc1. The molecule has 1 aromatic heterocycles. The van der Waals surface area contributed by atoms with Gasteiger partial charge in [0, 0.05) is 16.9 Å². The fourth-order valence-corrected chi connectivity index (χ4v) is 4.19. The Morgan fingerprint density at radius 1 is 0.900 bits per heavy atom. The maximum absolute atomic E-state index is 12.6. The van der Waals surface area contributed by atoms with Gasteiger partial charge in [-0.2, -0.15) is 0 Å². The lowest BCUT2D eigenvalue weighted by Gasteiger charge is -2.17. The number of esters is 1. The number of nitrogens with zero attached hydrogens (tertiary/aromatic N) is 1. The largest absolute Gasteiger partial charge is 0.459 e. The van der Waals surface area contributed by atoms with Crippen molar-refractivity contribution in [3.63, 3.8) is 0 Å². The van der Waals surface area contributed by atoms with Gasteiger partial charge in [0.1, 0.15) is 11.6 Å². The second-order valence-corrected chi connectivity index (χ2v) is 8.11. The Labute approximate surface area is 181 Å². The Bertz CT molecular complexity index is 1050. The quantitative estimate of drug-likeness (QED) is 0.330. The minimum atomic E-state index is -0.224. The first kappa shape index (κ1) is 20.0. The van der Waals surface area contributed by atoms with Crippen LogP contribution in [0.4, 0.5) is 0 Å². The van der Waals surface area contributed by atoms with E-state index in [1.807, 2.05) is 41.8 Å². The first-order valence-electron chi connectivity index (χ1n) is 9.96. The van der Waals surface area contributed by atoms with Gasteiger partial charge in [-0.25, -0.2) is 4.98 Å². The van der Waals surface area contributed by atoms with E-state index < -0.39 is 0 Å². The molecule has 0 fully saturated rings. The Morgan fingerprint density at radius 2 is 1.50 bits per heavy atom. The van der Waals surface area contributed by atoms with Gasteiger partial charge in [0.2, 0.25) is 0 Å². The Kier molecular flexibility index (Phi) is 6.35. The molecule has 30 heavy (non-hydrogen) atoms. The molecule has 0 N–H and O–H groups in total. The van der Waals surface area contributed by atoms with Crippen LogP contribution in [0.25, 0.3) is 10.6 Å². The molecule has 0 saturated carbocycles. The highest BCUT2D eigenvalue weighted by atomic mass is 32.1. The number of aryl methyl sites for hydroxylation is 1. The van der Waals surface area contributed by atoms with Crippen LogP contribution in [0, 0.1) is 6.92 Å². The van der Waals surface area contributed by atoms with Gasteiger partial charge in [0.25, 0.3) is 0 Å². The van der Waals surface area contributed by atoms with Gasteiger partial charge >= 0.3 is 5.97 Å². The maximum Gasteiger partial charge on any atom is 0.307 e. The molecule has 0 aliphatic heterocycles. The molecule has 3 nitrogen and oxygen atoms in total. The number of carbonyl (C=O) groups is 1. The zero-order valence-corrected chi connectivity index (χ0v) is 17.6. The zero-order chi connectivity index (χ0) is 20.8. The van der Waals surface area contributed by atoms with Crippen molar-refractivity contribution in [1.82, 2.24) is 4.98 Å². The molecule has 0 bridgehead atoms. The van der Waals surface area contributed by atoms with Crippen LogP contribution in [0.2, 0.25) is 0 Å². The first-order valence-corrected chi connectivity index (χ1v) is 10.8. The van der Waals surface area contributed by atoms with Crippen molar-refractivity contribution in [2.45, 2.75) is 25.9 Å². The third-order valence-electron chi connectivity index (χ3n) is 5.01. The third kappa shape index (κ3) is 5.02. The highest BCUT2D eigenvalue weighted by Crippen LogP contribution is 2.29. The minimum Gasteiger partial charge on any atom is -0.459 e. The summed E-state index contributed by atoms with van der Waals surface area (Å²) in [5, 5.41) is 2.89. The predicted octanol–water partition coefficient (Wildman–Crippen LogP) is 6.38. The highest BCUT2D eigenvalue weighted by molar-refractivity contribution is 7.13. The fourth-order valence-electron chi connectivity index (χ4n) is 3.38. The molecule has 0 aliphatic carbocycles. The van der Waals surface area contributed by atoms with E-state index in [9.17, 15) is 4.79 Å². The molecule has 0 aliphatic rings. The number of rotatable bonds is 7. The van der Waals surface area contributed by atoms with Crippen LogP contribution in [0.1, 0.15) is 34.7 Å². The van der Waals surface area contributed by atoms with Gasteiger partial charge in [-0.05, 0) is 18.1 Å². The van der Waals surface area contributed by atoms with Crippen molar-refractivity contribution in [2.75, 3.05) is 0 Å². The molecule has 4 heteroatoms. The second kappa shape index (κ2) is 9.51. The van der Waals surface area contributed by atoms with E-state index in [0.717, 1.165) is 27.4 Å². The number of benzene rings is 3. The average molecular weight is 414 g/mol.